The Balaban J connectivity index is 0.939. The normalized spacial score (nSPS) is 14.2. The van der Waals surface area contributed by atoms with Gasteiger partial charge in [-0.15, -0.1) is 11.3 Å². The standard InChI is InChI=1S/C37H39ClN6O7S/c1-50-31-18-28(27(38)17-23(31)19-39-20-30(46)25-7-9-29(45)34-26(25)8-10-32(47)42-34)41-33(48)13-16-44-14-11-24(12-15-44)51-37(49)43-36-35(52-21-40-36)22-5-3-2-4-6-22/h2-10,17-18,21,24,30,39,45-46H,11-16,19-20H2,1H3,(H,41,48)(H,42,47)(H,43,49). The van der Waals surface area contributed by atoms with E-state index in [0.29, 0.717) is 72.2 Å². The second-order valence-electron chi connectivity index (χ2n) is 12.3. The maximum absolute atomic E-state index is 12.9. The molecule has 1 saturated heterocycles. The summed E-state index contributed by atoms with van der Waals surface area (Å²) in [6.45, 7) is 2.38. The largest absolute Gasteiger partial charge is 0.506 e. The molecule has 1 aliphatic heterocycles. The highest BCUT2D eigenvalue weighted by Crippen LogP contribution is 2.33. The Hall–Kier alpha value is -4.99. The quantitative estimate of drug-likeness (QED) is 0.0852. The van der Waals surface area contributed by atoms with Crippen molar-refractivity contribution in [1.29, 1.82) is 0 Å². The number of halogens is 1. The number of aliphatic hydroxyl groups excluding tert-OH is 1. The number of thiazole rings is 1. The van der Waals surface area contributed by atoms with Crippen molar-refractivity contribution in [3.05, 3.63) is 98.7 Å². The molecule has 6 rings (SSSR count). The van der Waals surface area contributed by atoms with Crippen LogP contribution in [0.2, 0.25) is 5.02 Å². The van der Waals surface area contributed by atoms with Crippen LogP contribution in [0.25, 0.3) is 21.3 Å². The number of pyridine rings is 1. The van der Waals surface area contributed by atoms with Crippen molar-refractivity contribution >= 4 is 57.3 Å². The fourth-order valence-electron chi connectivity index (χ4n) is 6.15. The van der Waals surface area contributed by atoms with Crippen LogP contribution in [0, 0.1) is 0 Å². The van der Waals surface area contributed by atoms with E-state index >= 15 is 0 Å². The number of phenolic OH excluding ortho intramolecular Hbond substituents is 1. The number of carbonyl (C=O) groups is 2. The fraction of sp³-hybridized carbons (Fsp3) is 0.297. The molecule has 3 aromatic carbocycles. The zero-order chi connectivity index (χ0) is 36.6. The number of phenols is 1. The molecule has 13 nitrogen and oxygen atoms in total. The predicted molar refractivity (Wildman–Crippen MR) is 201 cm³/mol. The van der Waals surface area contributed by atoms with Crippen LogP contribution in [0.15, 0.2) is 77.0 Å². The first-order chi connectivity index (χ1) is 25.2. The SMILES string of the molecule is COc1cc(NC(=O)CCN2CCC(OC(=O)Nc3ncsc3-c3ccccc3)CC2)c(Cl)cc1CNCC(O)c1ccc(O)c2[nH]c(=O)ccc12. The lowest BCUT2D eigenvalue weighted by atomic mass is 10.0. The number of piperidine rings is 1. The molecule has 3 heterocycles. The van der Waals surface area contributed by atoms with Crippen molar-refractivity contribution in [3.8, 4) is 21.9 Å². The summed E-state index contributed by atoms with van der Waals surface area (Å²) >= 11 is 8.01. The Morgan fingerprint density at radius 3 is 2.65 bits per heavy atom. The molecule has 1 unspecified atom stereocenters. The first-order valence-electron chi connectivity index (χ1n) is 16.8. The molecular weight excluding hydrogens is 708 g/mol. The number of aromatic amines is 1. The monoisotopic (exact) mass is 746 g/mol. The highest BCUT2D eigenvalue weighted by atomic mass is 35.5. The van der Waals surface area contributed by atoms with Gasteiger partial charge in [0.2, 0.25) is 11.5 Å². The lowest BCUT2D eigenvalue weighted by Gasteiger charge is -2.31. The van der Waals surface area contributed by atoms with E-state index in [-0.39, 0.29) is 41.8 Å². The van der Waals surface area contributed by atoms with Crippen molar-refractivity contribution in [1.82, 2.24) is 20.2 Å². The van der Waals surface area contributed by atoms with Gasteiger partial charge in [0.15, 0.2) is 5.82 Å². The summed E-state index contributed by atoms with van der Waals surface area (Å²) in [5.74, 6) is 0.704. The molecule has 0 bridgehead atoms. The lowest BCUT2D eigenvalue weighted by molar-refractivity contribution is -0.116. The van der Waals surface area contributed by atoms with Crippen LogP contribution < -0.4 is 26.2 Å². The van der Waals surface area contributed by atoms with Gasteiger partial charge in [0.1, 0.15) is 17.6 Å². The molecule has 272 valence electrons. The molecule has 0 aliphatic carbocycles. The molecule has 52 heavy (non-hydrogen) atoms. The number of aromatic nitrogens is 2. The highest BCUT2D eigenvalue weighted by molar-refractivity contribution is 7.13. The highest BCUT2D eigenvalue weighted by Gasteiger charge is 2.24. The molecule has 1 aliphatic rings. The van der Waals surface area contributed by atoms with Gasteiger partial charge in [-0.3, -0.25) is 14.9 Å². The Kier molecular flexibility index (Phi) is 12.0. The molecular formula is C37H39ClN6O7S. The molecule has 1 atom stereocenters. The fourth-order valence-corrected chi connectivity index (χ4v) is 7.14. The van der Waals surface area contributed by atoms with Gasteiger partial charge in [0, 0.05) is 62.2 Å². The molecule has 0 saturated carbocycles. The van der Waals surface area contributed by atoms with E-state index in [1.54, 1.807) is 29.8 Å². The number of methoxy groups -OCH3 is 1. The predicted octanol–water partition coefficient (Wildman–Crippen LogP) is 5.88. The summed E-state index contributed by atoms with van der Waals surface area (Å²) in [5, 5.41) is 30.7. The number of rotatable bonds is 13. The first kappa shape index (κ1) is 36.8. The van der Waals surface area contributed by atoms with Crippen LogP contribution in [0.3, 0.4) is 0 Å². The lowest BCUT2D eigenvalue weighted by Crippen LogP contribution is -2.39. The van der Waals surface area contributed by atoms with Gasteiger partial charge in [-0.2, -0.15) is 0 Å². The summed E-state index contributed by atoms with van der Waals surface area (Å²) < 4.78 is 11.2. The van der Waals surface area contributed by atoms with Crippen molar-refractivity contribution < 1.29 is 29.3 Å². The minimum atomic E-state index is -0.936. The second-order valence-corrected chi connectivity index (χ2v) is 13.6. The topological polar surface area (TPSA) is 178 Å². The van der Waals surface area contributed by atoms with Crippen LogP contribution in [0.5, 0.6) is 11.5 Å². The molecule has 0 spiro atoms. The van der Waals surface area contributed by atoms with E-state index in [1.807, 2.05) is 30.3 Å². The maximum Gasteiger partial charge on any atom is 0.413 e. The van der Waals surface area contributed by atoms with E-state index < -0.39 is 12.2 Å². The number of likely N-dealkylation sites (tertiary alicyclic amines) is 1. The average Bonchev–Trinajstić information content (AvgIpc) is 3.60. The van der Waals surface area contributed by atoms with E-state index in [1.165, 1.54) is 30.6 Å². The summed E-state index contributed by atoms with van der Waals surface area (Å²) in [6, 6.07) is 19.1. The number of carbonyl (C=O) groups excluding carboxylic acids is 2. The Bertz CT molecular complexity index is 2080. The number of benzene rings is 3. The number of amides is 2. The number of aromatic hydroxyl groups is 1. The zero-order valence-corrected chi connectivity index (χ0v) is 29.9. The van der Waals surface area contributed by atoms with Crippen LogP contribution in [-0.2, 0) is 16.1 Å². The molecule has 2 aromatic heterocycles. The summed E-state index contributed by atoms with van der Waals surface area (Å²) in [7, 11) is 1.52. The molecule has 6 N–H and O–H groups in total. The Labute approximate surface area is 308 Å². The van der Waals surface area contributed by atoms with Gasteiger partial charge < -0.3 is 40.2 Å². The Morgan fingerprint density at radius 2 is 1.88 bits per heavy atom. The molecule has 2 amide bonds. The number of nitrogens with one attached hydrogen (secondary N) is 4. The summed E-state index contributed by atoms with van der Waals surface area (Å²) in [4.78, 5) is 47.2. The molecule has 1 fully saturated rings. The van der Waals surface area contributed by atoms with Gasteiger partial charge in [0.05, 0.1) is 39.8 Å². The second kappa shape index (κ2) is 17.0. The molecule has 5 aromatic rings. The maximum atomic E-state index is 12.9. The summed E-state index contributed by atoms with van der Waals surface area (Å²) in [5.41, 5.74) is 4.26. The summed E-state index contributed by atoms with van der Waals surface area (Å²) in [6.07, 6.45) is -0.146. The van der Waals surface area contributed by atoms with E-state index in [0.717, 1.165) is 16.0 Å². The number of hydrogen-bond acceptors (Lipinski definition) is 11. The third-order valence-electron chi connectivity index (χ3n) is 8.85. The van der Waals surface area contributed by atoms with Crippen LogP contribution in [0.1, 0.15) is 36.5 Å². The average molecular weight is 747 g/mol. The minimum Gasteiger partial charge on any atom is -0.506 e. The number of aliphatic hydroxyl groups is 1. The number of fused-ring (bicyclic) bond motifs is 1. The zero-order valence-electron chi connectivity index (χ0n) is 28.4. The van der Waals surface area contributed by atoms with E-state index in [4.69, 9.17) is 21.1 Å². The van der Waals surface area contributed by atoms with Gasteiger partial charge in [0.25, 0.3) is 0 Å². The van der Waals surface area contributed by atoms with Crippen molar-refractivity contribution in [2.45, 2.75) is 38.0 Å². The van der Waals surface area contributed by atoms with Crippen LogP contribution in [-0.4, -0.2) is 76.5 Å². The Morgan fingerprint density at radius 1 is 1.10 bits per heavy atom. The van der Waals surface area contributed by atoms with Crippen molar-refractivity contribution in [2.75, 3.05) is 43.9 Å². The number of H-pyrrole nitrogens is 1. The smallest absolute Gasteiger partial charge is 0.413 e. The number of nitrogens with zero attached hydrogens (tertiary/aromatic N) is 2. The van der Waals surface area contributed by atoms with Crippen molar-refractivity contribution in [2.24, 2.45) is 0 Å². The molecule has 0 radical (unpaired) electrons. The minimum absolute atomic E-state index is 0.0809. The molecule has 15 heteroatoms. The van der Waals surface area contributed by atoms with Crippen LogP contribution >= 0.6 is 22.9 Å². The first-order valence-corrected chi connectivity index (χ1v) is 18.0. The van der Waals surface area contributed by atoms with Gasteiger partial charge in [-0.25, -0.2) is 9.78 Å². The third-order valence-corrected chi connectivity index (χ3v) is 10.0. The van der Waals surface area contributed by atoms with Crippen molar-refractivity contribution in [3.63, 3.8) is 0 Å². The van der Waals surface area contributed by atoms with E-state index in [2.05, 4.69) is 30.8 Å². The third kappa shape index (κ3) is 9.08. The van der Waals surface area contributed by atoms with E-state index in [9.17, 15) is 24.6 Å². The number of hydrogen-bond donors (Lipinski definition) is 6. The van der Waals surface area contributed by atoms with Crippen LogP contribution in [0.4, 0.5) is 16.3 Å². The number of anilines is 2. The van der Waals surface area contributed by atoms with Gasteiger partial charge in [-0.1, -0.05) is 48.0 Å². The van der Waals surface area contributed by atoms with Gasteiger partial charge >= 0.3 is 6.09 Å². The number of ether oxygens (including phenoxy) is 2. The van der Waals surface area contributed by atoms with Gasteiger partial charge in [-0.05, 0) is 42.2 Å².